The number of Topliss-reactive ketones (excluding diaryl/α,β-unsaturated/α-hetero) is 1. The van der Waals surface area contributed by atoms with Gasteiger partial charge in [-0.25, -0.2) is 0 Å². The van der Waals surface area contributed by atoms with Crippen molar-refractivity contribution in [3.05, 3.63) is 70.3 Å². The molecule has 0 saturated carbocycles. The van der Waals surface area contributed by atoms with Gasteiger partial charge in [-0.15, -0.1) is 0 Å². The summed E-state index contributed by atoms with van der Waals surface area (Å²) in [6.07, 6.45) is 1.53. The summed E-state index contributed by atoms with van der Waals surface area (Å²) in [4.78, 5) is 27.2. The first-order chi connectivity index (χ1) is 14.0. The fourth-order valence-electron chi connectivity index (χ4n) is 3.88. The van der Waals surface area contributed by atoms with Crippen LogP contribution in [0.5, 0.6) is 5.75 Å². The number of hydrogen-bond donors (Lipinski definition) is 2. The van der Waals surface area contributed by atoms with Crippen LogP contribution in [0.1, 0.15) is 30.0 Å². The number of nitrogens with zero attached hydrogens (tertiary/aromatic N) is 1. The van der Waals surface area contributed by atoms with Gasteiger partial charge in [-0.2, -0.15) is 0 Å². The van der Waals surface area contributed by atoms with Gasteiger partial charge in [0, 0.05) is 23.7 Å². The quantitative estimate of drug-likeness (QED) is 0.454. The number of ether oxygens (including phenoxy) is 1. The van der Waals surface area contributed by atoms with E-state index < -0.39 is 17.7 Å². The second kappa shape index (κ2) is 7.89. The van der Waals surface area contributed by atoms with Gasteiger partial charge < -0.3 is 19.8 Å². The van der Waals surface area contributed by atoms with Crippen LogP contribution < -0.4 is 0 Å². The number of aromatic hydroxyl groups is 1. The fraction of sp³-hybridized carbons (Fsp3) is 0.273. The maximum absolute atomic E-state index is 12.9. The van der Waals surface area contributed by atoms with Crippen molar-refractivity contribution in [2.24, 2.45) is 0 Å². The third-order valence-electron chi connectivity index (χ3n) is 5.27. The molecule has 7 heteroatoms. The summed E-state index contributed by atoms with van der Waals surface area (Å²) in [5, 5.41) is 21.4. The van der Waals surface area contributed by atoms with Gasteiger partial charge in [0.25, 0.3) is 11.7 Å². The molecule has 0 aliphatic carbocycles. The number of phenols is 1. The zero-order valence-corrected chi connectivity index (χ0v) is 16.3. The molecule has 0 radical (unpaired) electrons. The van der Waals surface area contributed by atoms with Crippen LogP contribution >= 0.6 is 11.6 Å². The molecular weight excluding hydrogens is 394 g/mol. The molecule has 2 fully saturated rings. The van der Waals surface area contributed by atoms with Crippen LogP contribution in [0.2, 0.25) is 5.02 Å². The molecule has 2 aromatic carbocycles. The van der Waals surface area contributed by atoms with E-state index in [0.29, 0.717) is 22.8 Å². The number of halogens is 1. The van der Waals surface area contributed by atoms with Gasteiger partial charge in [-0.05, 0) is 54.8 Å². The third kappa shape index (κ3) is 3.73. The molecule has 2 saturated heterocycles. The van der Waals surface area contributed by atoms with E-state index in [1.807, 2.05) is 0 Å². The Morgan fingerprint density at radius 3 is 2.59 bits per heavy atom. The average Bonchev–Trinajstić information content (AvgIpc) is 3.30. The number of rotatable bonds is 4. The van der Waals surface area contributed by atoms with Crippen LogP contribution in [0.25, 0.3) is 5.76 Å². The van der Waals surface area contributed by atoms with Gasteiger partial charge >= 0.3 is 0 Å². The van der Waals surface area contributed by atoms with Gasteiger partial charge in [-0.3, -0.25) is 9.59 Å². The van der Waals surface area contributed by atoms with Crippen molar-refractivity contribution in [1.29, 1.82) is 0 Å². The highest BCUT2D eigenvalue weighted by Gasteiger charge is 2.47. The van der Waals surface area contributed by atoms with E-state index in [0.717, 1.165) is 12.8 Å². The summed E-state index contributed by atoms with van der Waals surface area (Å²) in [6.45, 7) is 0.860. The molecule has 2 aliphatic heterocycles. The van der Waals surface area contributed by atoms with Crippen molar-refractivity contribution >= 4 is 29.1 Å². The number of aliphatic hydroxyl groups is 1. The SMILES string of the molecule is O=C1C(=O)N(CC2CCCO2)C(c2cccc(O)c2)C1=C(O)c1ccc(Cl)cc1. The number of phenolic OH excluding ortho intramolecular Hbond substituents is 1. The van der Waals surface area contributed by atoms with Gasteiger partial charge in [0.2, 0.25) is 0 Å². The van der Waals surface area contributed by atoms with Gasteiger partial charge in [0.15, 0.2) is 0 Å². The molecule has 0 spiro atoms. The normalized spacial score (nSPS) is 23.7. The molecule has 29 heavy (non-hydrogen) atoms. The molecule has 2 N–H and O–H groups in total. The van der Waals surface area contributed by atoms with E-state index in [-0.39, 0.29) is 29.7 Å². The second-order valence-corrected chi connectivity index (χ2v) is 7.62. The average molecular weight is 414 g/mol. The van der Waals surface area contributed by atoms with Crippen LogP contribution in [0.4, 0.5) is 0 Å². The molecule has 2 unspecified atom stereocenters. The fourth-order valence-corrected chi connectivity index (χ4v) is 4.01. The smallest absolute Gasteiger partial charge is 0.295 e. The highest BCUT2D eigenvalue weighted by molar-refractivity contribution is 6.46. The number of likely N-dealkylation sites (tertiary alicyclic amines) is 1. The molecule has 6 nitrogen and oxygen atoms in total. The van der Waals surface area contributed by atoms with Crippen molar-refractivity contribution in [3.8, 4) is 5.75 Å². The molecule has 2 atom stereocenters. The molecule has 2 aliphatic rings. The lowest BCUT2D eigenvalue weighted by Gasteiger charge is -2.27. The zero-order chi connectivity index (χ0) is 20.5. The summed E-state index contributed by atoms with van der Waals surface area (Å²) in [5.74, 6) is -1.71. The lowest BCUT2D eigenvalue weighted by Crippen LogP contribution is -2.36. The van der Waals surface area contributed by atoms with Crippen molar-refractivity contribution in [2.45, 2.75) is 25.0 Å². The number of aliphatic hydroxyl groups excluding tert-OH is 1. The molecule has 1 amide bonds. The summed E-state index contributed by atoms with van der Waals surface area (Å²) in [7, 11) is 0. The highest BCUT2D eigenvalue weighted by Crippen LogP contribution is 2.40. The summed E-state index contributed by atoms with van der Waals surface area (Å²) < 4.78 is 5.65. The van der Waals surface area contributed by atoms with Crippen molar-refractivity contribution in [3.63, 3.8) is 0 Å². The van der Waals surface area contributed by atoms with E-state index in [2.05, 4.69) is 0 Å². The predicted octanol–water partition coefficient (Wildman–Crippen LogP) is 3.65. The minimum Gasteiger partial charge on any atom is -0.508 e. The summed E-state index contributed by atoms with van der Waals surface area (Å²) in [6, 6.07) is 11.9. The van der Waals surface area contributed by atoms with Gasteiger partial charge in [-0.1, -0.05) is 23.7 Å². The highest BCUT2D eigenvalue weighted by atomic mass is 35.5. The number of ketones is 1. The lowest BCUT2D eigenvalue weighted by atomic mass is 9.95. The van der Waals surface area contributed by atoms with Gasteiger partial charge in [0.1, 0.15) is 11.5 Å². The predicted molar refractivity (Wildman–Crippen MR) is 108 cm³/mol. The standard InChI is InChI=1S/C22H20ClNO5/c23-15-8-6-13(7-9-15)20(26)18-19(14-3-1-4-16(25)11-14)24(22(28)21(18)27)12-17-5-2-10-29-17/h1,3-4,6-9,11,17,19,25-26H,2,5,10,12H2. The van der Waals surface area contributed by atoms with E-state index >= 15 is 0 Å². The number of benzene rings is 2. The number of amides is 1. The van der Waals surface area contributed by atoms with Crippen molar-refractivity contribution in [1.82, 2.24) is 4.90 Å². The maximum atomic E-state index is 12.9. The largest absolute Gasteiger partial charge is 0.508 e. The Bertz CT molecular complexity index is 979. The number of hydrogen-bond acceptors (Lipinski definition) is 5. The first-order valence-electron chi connectivity index (χ1n) is 9.40. The monoisotopic (exact) mass is 413 g/mol. The Morgan fingerprint density at radius 2 is 1.93 bits per heavy atom. The zero-order valence-electron chi connectivity index (χ0n) is 15.5. The summed E-state index contributed by atoms with van der Waals surface area (Å²) in [5.41, 5.74) is 0.910. The molecular formula is C22H20ClNO5. The van der Waals surface area contributed by atoms with Crippen LogP contribution in [0.3, 0.4) is 0 Å². The van der Waals surface area contributed by atoms with Crippen LogP contribution in [-0.4, -0.2) is 46.1 Å². The second-order valence-electron chi connectivity index (χ2n) is 7.19. The van der Waals surface area contributed by atoms with E-state index in [1.54, 1.807) is 36.4 Å². The topological polar surface area (TPSA) is 87.1 Å². The van der Waals surface area contributed by atoms with Crippen molar-refractivity contribution < 1.29 is 24.5 Å². The van der Waals surface area contributed by atoms with Gasteiger partial charge in [0.05, 0.1) is 17.7 Å². The lowest BCUT2D eigenvalue weighted by molar-refractivity contribution is -0.140. The number of carbonyl (C=O) groups is 2. The molecule has 0 aromatic heterocycles. The summed E-state index contributed by atoms with van der Waals surface area (Å²) >= 11 is 5.92. The van der Waals surface area contributed by atoms with E-state index in [1.165, 1.54) is 17.0 Å². The molecule has 2 heterocycles. The van der Waals surface area contributed by atoms with Crippen LogP contribution in [0.15, 0.2) is 54.1 Å². The Balaban J connectivity index is 1.83. The van der Waals surface area contributed by atoms with E-state index in [9.17, 15) is 19.8 Å². The van der Waals surface area contributed by atoms with E-state index in [4.69, 9.17) is 16.3 Å². The first-order valence-corrected chi connectivity index (χ1v) is 9.78. The Hall–Kier alpha value is -2.83. The minimum absolute atomic E-state index is 0.0108. The Kier molecular flexibility index (Phi) is 5.30. The van der Waals surface area contributed by atoms with Crippen molar-refractivity contribution in [2.75, 3.05) is 13.2 Å². The first kappa shape index (κ1) is 19.5. The molecule has 0 bridgehead atoms. The molecule has 2 aromatic rings. The van der Waals surface area contributed by atoms with Crippen LogP contribution in [-0.2, 0) is 14.3 Å². The van der Waals surface area contributed by atoms with Crippen LogP contribution in [0, 0.1) is 0 Å². The maximum Gasteiger partial charge on any atom is 0.295 e. The molecule has 4 rings (SSSR count). The number of carbonyl (C=O) groups excluding carboxylic acids is 2. The Labute approximate surface area is 173 Å². The third-order valence-corrected chi connectivity index (χ3v) is 5.52. The Morgan fingerprint density at radius 1 is 1.17 bits per heavy atom. The minimum atomic E-state index is -0.818. The molecule has 150 valence electrons.